The third-order valence-electron chi connectivity index (χ3n) is 5.93. The molecule has 3 rings (SSSR count). The summed E-state index contributed by atoms with van der Waals surface area (Å²) < 4.78 is 4.73. The molecule has 0 bridgehead atoms. The Morgan fingerprint density at radius 1 is 1.17 bits per heavy atom. The number of hydrogen-bond acceptors (Lipinski definition) is 4. The SMILES string of the molecule is CCNC(=NCCc1ccc(C(=O)OC)cc1)NC1CCN(C(=O)C2CCCC2)C1. The third-order valence-corrected chi connectivity index (χ3v) is 5.93. The Balaban J connectivity index is 1.48. The molecule has 1 aliphatic carbocycles. The summed E-state index contributed by atoms with van der Waals surface area (Å²) in [5, 5.41) is 6.79. The first kappa shape index (κ1) is 22.1. The number of methoxy groups -OCH3 is 1. The molecule has 30 heavy (non-hydrogen) atoms. The van der Waals surface area contributed by atoms with Crippen LogP contribution in [-0.2, 0) is 16.0 Å². The number of carbonyl (C=O) groups is 2. The lowest BCUT2D eigenvalue weighted by Gasteiger charge is -2.21. The van der Waals surface area contributed by atoms with E-state index in [1.165, 1.54) is 20.0 Å². The van der Waals surface area contributed by atoms with Gasteiger partial charge >= 0.3 is 5.97 Å². The van der Waals surface area contributed by atoms with Crippen LogP contribution in [0.1, 0.15) is 54.9 Å². The van der Waals surface area contributed by atoms with E-state index in [2.05, 4.69) is 10.6 Å². The fraction of sp³-hybridized carbons (Fsp3) is 0.609. The van der Waals surface area contributed by atoms with Crippen molar-refractivity contribution in [3.8, 4) is 0 Å². The summed E-state index contributed by atoms with van der Waals surface area (Å²) in [6, 6.07) is 7.68. The van der Waals surface area contributed by atoms with E-state index in [-0.39, 0.29) is 17.9 Å². The van der Waals surface area contributed by atoms with Gasteiger partial charge in [0.05, 0.1) is 12.7 Å². The summed E-state index contributed by atoms with van der Waals surface area (Å²) in [6.45, 7) is 5.07. The second-order valence-electron chi connectivity index (χ2n) is 8.09. The van der Waals surface area contributed by atoms with Crippen molar-refractivity contribution in [2.45, 2.75) is 51.5 Å². The van der Waals surface area contributed by atoms with Crippen molar-refractivity contribution in [2.75, 3.05) is 33.3 Å². The number of ether oxygens (including phenoxy) is 1. The van der Waals surface area contributed by atoms with Gasteiger partial charge in [-0.15, -0.1) is 0 Å². The molecule has 7 heteroatoms. The molecule has 1 atom stereocenters. The molecule has 2 fully saturated rings. The minimum atomic E-state index is -0.324. The number of nitrogens with zero attached hydrogens (tertiary/aromatic N) is 2. The van der Waals surface area contributed by atoms with Gasteiger partial charge in [0.25, 0.3) is 0 Å². The van der Waals surface area contributed by atoms with Gasteiger partial charge in [0, 0.05) is 38.1 Å². The summed E-state index contributed by atoms with van der Waals surface area (Å²) in [4.78, 5) is 30.9. The molecule has 1 heterocycles. The van der Waals surface area contributed by atoms with Crippen molar-refractivity contribution in [2.24, 2.45) is 10.9 Å². The van der Waals surface area contributed by atoms with Gasteiger partial charge in [-0.25, -0.2) is 4.79 Å². The summed E-state index contributed by atoms with van der Waals surface area (Å²) in [5.41, 5.74) is 1.68. The van der Waals surface area contributed by atoms with Crippen molar-refractivity contribution in [1.82, 2.24) is 15.5 Å². The Labute approximate surface area is 179 Å². The summed E-state index contributed by atoms with van der Waals surface area (Å²) in [7, 11) is 1.38. The standard InChI is InChI=1S/C23H34N4O3/c1-3-24-23(25-14-12-17-8-10-19(11-9-17)22(29)30-2)26-20-13-15-27(16-20)21(28)18-6-4-5-7-18/h8-11,18,20H,3-7,12-16H2,1-2H3,(H2,24,25,26). The lowest BCUT2D eigenvalue weighted by Crippen LogP contribution is -2.45. The molecule has 164 valence electrons. The number of rotatable bonds is 7. The number of guanidine groups is 1. The van der Waals surface area contributed by atoms with Crippen LogP contribution in [0.2, 0.25) is 0 Å². The Morgan fingerprint density at radius 3 is 2.57 bits per heavy atom. The van der Waals surface area contributed by atoms with Crippen LogP contribution < -0.4 is 10.6 Å². The van der Waals surface area contributed by atoms with Gasteiger partial charge in [0.1, 0.15) is 0 Å². The summed E-state index contributed by atoms with van der Waals surface area (Å²) >= 11 is 0. The molecule has 1 saturated carbocycles. The van der Waals surface area contributed by atoms with Crippen LogP contribution in [0.25, 0.3) is 0 Å². The molecule has 0 radical (unpaired) electrons. The number of nitrogens with one attached hydrogen (secondary N) is 2. The maximum Gasteiger partial charge on any atom is 0.337 e. The highest BCUT2D eigenvalue weighted by Crippen LogP contribution is 2.27. The van der Waals surface area contributed by atoms with E-state index in [4.69, 9.17) is 9.73 Å². The predicted octanol–water partition coefficient (Wildman–Crippen LogP) is 2.36. The van der Waals surface area contributed by atoms with Crippen LogP contribution in [-0.4, -0.2) is 62.1 Å². The molecule has 1 saturated heterocycles. The van der Waals surface area contributed by atoms with Gasteiger partial charge in [-0.05, 0) is 50.3 Å². The molecular weight excluding hydrogens is 380 g/mol. The number of esters is 1. The van der Waals surface area contributed by atoms with Gasteiger partial charge in [-0.1, -0.05) is 25.0 Å². The van der Waals surface area contributed by atoms with E-state index in [0.717, 1.165) is 56.8 Å². The van der Waals surface area contributed by atoms with E-state index < -0.39 is 0 Å². The van der Waals surface area contributed by atoms with Gasteiger partial charge in [0.2, 0.25) is 5.91 Å². The van der Waals surface area contributed by atoms with E-state index in [0.29, 0.717) is 18.0 Å². The summed E-state index contributed by atoms with van der Waals surface area (Å²) in [6.07, 6.45) is 6.23. The van der Waals surface area contributed by atoms with Crippen LogP contribution in [0.5, 0.6) is 0 Å². The fourth-order valence-electron chi connectivity index (χ4n) is 4.24. The third kappa shape index (κ3) is 5.97. The van der Waals surface area contributed by atoms with Crippen LogP contribution in [0.15, 0.2) is 29.3 Å². The molecule has 0 aromatic heterocycles. The molecule has 7 nitrogen and oxygen atoms in total. The highest BCUT2D eigenvalue weighted by molar-refractivity contribution is 5.89. The van der Waals surface area contributed by atoms with Crippen LogP contribution in [0.4, 0.5) is 0 Å². The van der Waals surface area contributed by atoms with Crippen molar-refractivity contribution < 1.29 is 14.3 Å². The highest BCUT2D eigenvalue weighted by Gasteiger charge is 2.32. The van der Waals surface area contributed by atoms with E-state index in [1.807, 2.05) is 24.0 Å². The van der Waals surface area contributed by atoms with Gasteiger partial charge in [0.15, 0.2) is 5.96 Å². The number of hydrogen-bond donors (Lipinski definition) is 2. The minimum Gasteiger partial charge on any atom is -0.465 e. The minimum absolute atomic E-state index is 0.243. The van der Waals surface area contributed by atoms with Crippen molar-refractivity contribution in [1.29, 1.82) is 0 Å². The molecular formula is C23H34N4O3. The van der Waals surface area contributed by atoms with E-state index in [1.54, 1.807) is 12.1 Å². The average Bonchev–Trinajstić information content (AvgIpc) is 3.46. The zero-order valence-electron chi connectivity index (χ0n) is 18.2. The number of benzene rings is 1. The summed E-state index contributed by atoms with van der Waals surface area (Å²) in [5.74, 6) is 1.06. The topological polar surface area (TPSA) is 83.0 Å². The Bertz CT molecular complexity index is 741. The average molecular weight is 415 g/mol. The maximum atomic E-state index is 12.6. The highest BCUT2D eigenvalue weighted by atomic mass is 16.5. The molecule has 1 amide bonds. The Morgan fingerprint density at radius 2 is 1.90 bits per heavy atom. The van der Waals surface area contributed by atoms with Gasteiger partial charge in [-0.2, -0.15) is 0 Å². The fourth-order valence-corrected chi connectivity index (χ4v) is 4.24. The molecule has 2 N–H and O–H groups in total. The zero-order valence-corrected chi connectivity index (χ0v) is 18.2. The quantitative estimate of drug-likeness (QED) is 0.407. The molecule has 1 aliphatic heterocycles. The van der Waals surface area contributed by atoms with Crippen LogP contribution >= 0.6 is 0 Å². The first-order valence-corrected chi connectivity index (χ1v) is 11.1. The smallest absolute Gasteiger partial charge is 0.337 e. The number of likely N-dealkylation sites (tertiary alicyclic amines) is 1. The Kier molecular flexibility index (Phi) is 8.11. The van der Waals surface area contributed by atoms with E-state index in [9.17, 15) is 9.59 Å². The second kappa shape index (κ2) is 11.0. The first-order chi connectivity index (χ1) is 14.6. The van der Waals surface area contributed by atoms with Crippen molar-refractivity contribution >= 4 is 17.8 Å². The van der Waals surface area contributed by atoms with Crippen molar-refractivity contribution in [3.05, 3.63) is 35.4 Å². The van der Waals surface area contributed by atoms with Gasteiger partial charge in [-0.3, -0.25) is 9.79 Å². The molecule has 1 aromatic carbocycles. The monoisotopic (exact) mass is 414 g/mol. The zero-order chi connectivity index (χ0) is 21.3. The Hall–Kier alpha value is -2.57. The normalized spacial score (nSPS) is 19.7. The maximum absolute atomic E-state index is 12.6. The van der Waals surface area contributed by atoms with Crippen LogP contribution in [0.3, 0.4) is 0 Å². The van der Waals surface area contributed by atoms with Crippen LogP contribution in [0, 0.1) is 5.92 Å². The largest absolute Gasteiger partial charge is 0.465 e. The van der Waals surface area contributed by atoms with Gasteiger partial charge < -0.3 is 20.3 Å². The number of amides is 1. The lowest BCUT2D eigenvalue weighted by molar-refractivity contribution is -0.134. The predicted molar refractivity (Wildman–Crippen MR) is 118 cm³/mol. The molecule has 0 spiro atoms. The number of carbonyl (C=O) groups excluding carboxylic acids is 2. The van der Waals surface area contributed by atoms with E-state index >= 15 is 0 Å². The first-order valence-electron chi connectivity index (χ1n) is 11.1. The molecule has 1 aromatic rings. The molecule has 2 aliphatic rings. The number of aliphatic imine (C=N–C) groups is 1. The lowest BCUT2D eigenvalue weighted by atomic mass is 10.1. The molecule has 1 unspecified atom stereocenters. The van der Waals surface area contributed by atoms with Crippen molar-refractivity contribution in [3.63, 3.8) is 0 Å². The second-order valence-corrected chi connectivity index (χ2v) is 8.09.